The number of anilines is 1. The van der Waals surface area contributed by atoms with E-state index in [1.807, 2.05) is 11.8 Å². The first-order valence-electron chi connectivity index (χ1n) is 10.8. The van der Waals surface area contributed by atoms with Crippen LogP contribution in [0.1, 0.15) is 31.0 Å². The molecule has 1 aliphatic rings. The summed E-state index contributed by atoms with van der Waals surface area (Å²) in [7, 11) is 0. The first-order chi connectivity index (χ1) is 14.9. The van der Waals surface area contributed by atoms with Gasteiger partial charge in [-0.3, -0.25) is 19.4 Å². The fraction of sp³-hybridized carbons (Fsp3) is 0.417. The van der Waals surface area contributed by atoms with Crippen LogP contribution >= 0.6 is 0 Å². The minimum atomic E-state index is -0.378. The second-order valence-corrected chi connectivity index (χ2v) is 8.00. The van der Waals surface area contributed by atoms with Gasteiger partial charge in [0.15, 0.2) is 0 Å². The molecule has 6 nitrogen and oxygen atoms in total. The Morgan fingerprint density at radius 1 is 0.968 bits per heavy atom. The summed E-state index contributed by atoms with van der Waals surface area (Å²) >= 11 is 0. The highest BCUT2D eigenvalue weighted by molar-refractivity contribution is 5.92. The highest BCUT2D eigenvalue weighted by Crippen LogP contribution is 2.14. The van der Waals surface area contributed by atoms with Crippen LogP contribution in [0, 0.1) is 5.82 Å². The summed E-state index contributed by atoms with van der Waals surface area (Å²) in [5.74, 6) is -0.541. The Labute approximate surface area is 183 Å². The van der Waals surface area contributed by atoms with Gasteiger partial charge in [0.25, 0.3) is 0 Å². The highest BCUT2D eigenvalue weighted by Gasteiger charge is 2.21. The van der Waals surface area contributed by atoms with E-state index >= 15 is 0 Å². The van der Waals surface area contributed by atoms with Gasteiger partial charge in [-0.05, 0) is 42.7 Å². The first-order valence-corrected chi connectivity index (χ1v) is 10.8. The number of aryl methyl sites for hydroxylation is 1. The molecule has 1 fully saturated rings. The minimum absolute atomic E-state index is 0.00404. The van der Waals surface area contributed by atoms with E-state index in [9.17, 15) is 14.0 Å². The van der Waals surface area contributed by atoms with Gasteiger partial charge in [-0.15, -0.1) is 0 Å². The largest absolute Gasteiger partial charge is 0.348 e. The number of hydrogen-bond acceptors (Lipinski definition) is 4. The van der Waals surface area contributed by atoms with Gasteiger partial charge in [0, 0.05) is 31.9 Å². The second kappa shape index (κ2) is 11.0. The summed E-state index contributed by atoms with van der Waals surface area (Å²) in [6.45, 7) is 7.57. The van der Waals surface area contributed by atoms with Gasteiger partial charge in [0.2, 0.25) is 11.8 Å². The lowest BCUT2D eigenvalue weighted by atomic mass is 10.1. The molecule has 1 atom stereocenters. The molecule has 1 heterocycles. The van der Waals surface area contributed by atoms with Crippen molar-refractivity contribution in [3.63, 3.8) is 0 Å². The molecule has 0 aliphatic carbocycles. The molecule has 0 saturated carbocycles. The van der Waals surface area contributed by atoms with Crippen molar-refractivity contribution in [2.24, 2.45) is 0 Å². The van der Waals surface area contributed by atoms with E-state index in [1.54, 1.807) is 12.1 Å². The number of carbonyl (C=O) groups is 2. The van der Waals surface area contributed by atoms with E-state index < -0.39 is 0 Å². The van der Waals surface area contributed by atoms with Crippen molar-refractivity contribution in [3.05, 3.63) is 65.5 Å². The van der Waals surface area contributed by atoms with Crippen LogP contribution in [0.4, 0.5) is 10.1 Å². The third kappa shape index (κ3) is 7.15. The zero-order chi connectivity index (χ0) is 22.2. The molecular weight excluding hydrogens is 395 g/mol. The molecule has 1 saturated heterocycles. The topological polar surface area (TPSA) is 64.7 Å². The predicted octanol–water partition coefficient (Wildman–Crippen LogP) is 2.82. The van der Waals surface area contributed by atoms with E-state index in [0.29, 0.717) is 25.3 Å². The molecule has 31 heavy (non-hydrogen) atoms. The summed E-state index contributed by atoms with van der Waals surface area (Å²) in [6.07, 6.45) is 0.999. The van der Waals surface area contributed by atoms with Crippen molar-refractivity contribution >= 4 is 17.5 Å². The zero-order valence-corrected chi connectivity index (χ0v) is 18.2. The van der Waals surface area contributed by atoms with Crippen LogP contribution in [0.2, 0.25) is 0 Å². The molecule has 0 aromatic heterocycles. The number of carbonyl (C=O) groups excluding carboxylic acids is 2. The third-order valence-corrected chi connectivity index (χ3v) is 5.57. The van der Waals surface area contributed by atoms with Gasteiger partial charge in [-0.25, -0.2) is 4.39 Å². The van der Waals surface area contributed by atoms with Crippen LogP contribution in [-0.2, 0) is 16.0 Å². The fourth-order valence-electron chi connectivity index (χ4n) is 3.69. The van der Waals surface area contributed by atoms with Crippen molar-refractivity contribution in [2.75, 3.05) is 44.6 Å². The molecule has 166 valence electrons. The van der Waals surface area contributed by atoms with Crippen molar-refractivity contribution in [2.45, 2.75) is 26.3 Å². The number of rotatable bonds is 8. The third-order valence-electron chi connectivity index (χ3n) is 5.57. The standard InChI is InChI=1S/C24H31FN4O2/c1-3-19-7-9-20(10-8-19)18(2)26-23(30)16-28-11-13-29(14-12-28)17-24(31)27-22-6-4-5-21(25)15-22/h4-10,15,18H,3,11-14,16-17H2,1-2H3,(H,26,30)(H,27,31)/t18-/m1/s1. The molecular formula is C24H31FN4O2. The Bertz CT molecular complexity index is 879. The summed E-state index contributed by atoms with van der Waals surface area (Å²) in [5, 5.41) is 5.79. The smallest absolute Gasteiger partial charge is 0.238 e. The number of amides is 2. The summed E-state index contributed by atoms with van der Waals surface area (Å²) < 4.78 is 13.2. The number of nitrogens with zero attached hydrogens (tertiary/aromatic N) is 2. The summed E-state index contributed by atoms with van der Waals surface area (Å²) in [5.41, 5.74) is 2.84. The van der Waals surface area contributed by atoms with E-state index in [4.69, 9.17) is 0 Å². The molecule has 0 radical (unpaired) electrons. The van der Waals surface area contributed by atoms with E-state index in [2.05, 4.69) is 46.7 Å². The number of hydrogen-bond donors (Lipinski definition) is 2. The van der Waals surface area contributed by atoms with Gasteiger partial charge in [0.1, 0.15) is 5.82 Å². The number of benzene rings is 2. The van der Waals surface area contributed by atoms with Crippen LogP contribution in [0.25, 0.3) is 0 Å². The van der Waals surface area contributed by atoms with Crippen LogP contribution < -0.4 is 10.6 Å². The maximum absolute atomic E-state index is 13.2. The van der Waals surface area contributed by atoms with Gasteiger partial charge < -0.3 is 10.6 Å². The number of halogens is 1. The Morgan fingerprint density at radius 2 is 1.58 bits per heavy atom. The average molecular weight is 427 g/mol. The summed E-state index contributed by atoms with van der Waals surface area (Å²) in [6, 6.07) is 14.2. The molecule has 3 rings (SSSR count). The molecule has 0 spiro atoms. The summed E-state index contributed by atoms with van der Waals surface area (Å²) in [4.78, 5) is 28.8. The number of piperazine rings is 1. The quantitative estimate of drug-likeness (QED) is 0.681. The molecule has 0 unspecified atom stereocenters. The van der Waals surface area contributed by atoms with Crippen LogP contribution in [-0.4, -0.2) is 60.9 Å². The predicted molar refractivity (Wildman–Crippen MR) is 120 cm³/mol. The van der Waals surface area contributed by atoms with Crippen LogP contribution in [0.3, 0.4) is 0 Å². The average Bonchev–Trinajstić information content (AvgIpc) is 2.75. The van der Waals surface area contributed by atoms with Gasteiger partial charge in [-0.2, -0.15) is 0 Å². The lowest BCUT2D eigenvalue weighted by Crippen LogP contribution is -2.51. The Kier molecular flexibility index (Phi) is 8.14. The Morgan fingerprint density at radius 3 is 2.16 bits per heavy atom. The normalized spacial score (nSPS) is 16.0. The molecule has 0 bridgehead atoms. The van der Waals surface area contributed by atoms with Crippen molar-refractivity contribution in [1.82, 2.24) is 15.1 Å². The van der Waals surface area contributed by atoms with Crippen molar-refractivity contribution in [3.8, 4) is 0 Å². The Balaban J connectivity index is 1.38. The fourth-order valence-corrected chi connectivity index (χ4v) is 3.69. The van der Waals surface area contributed by atoms with Gasteiger partial charge in [-0.1, -0.05) is 37.3 Å². The van der Waals surface area contributed by atoms with Crippen LogP contribution in [0.5, 0.6) is 0 Å². The lowest BCUT2D eigenvalue weighted by molar-refractivity contribution is -0.124. The van der Waals surface area contributed by atoms with E-state index in [-0.39, 0.29) is 30.2 Å². The van der Waals surface area contributed by atoms with Gasteiger partial charge >= 0.3 is 0 Å². The molecule has 7 heteroatoms. The minimum Gasteiger partial charge on any atom is -0.348 e. The maximum Gasteiger partial charge on any atom is 0.238 e. The second-order valence-electron chi connectivity index (χ2n) is 8.00. The first kappa shape index (κ1) is 22.9. The van der Waals surface area contributed by atoms with E-state index in [0.717, 1.165) is 25.1 Å². The molecule has 2 aromatic carbocycles. The molecule has 2 aromatic rings. The zero-order valence-electron chi connectivity index (χ0n) is 18.2. The van der Waals surface area contributed by atoms with Crippen LogP contribution in [0.15, 0.2) is 48.5 Å². The lowest BCUT2D eigenvalue weighted by Gasteiger charge is -2.34. The highest BCUT2D eigenvalue weighted by atomic mass is 19.1. The van der Waals surface area contributed by atoms with Crippen molar-refractivity contribution in [1.29, 1.82) is 0 Å². The SMILES string of the molecule is CCc1ccc([C@@H](C)NC(=O)CN2CCN(CC(=O)Nc3cccc(F)c3)CC2)cc1. The molecule has 1 aliphatic heterocycles. The van der Waals surface area contributed by atoms with Crippen molar-refractivity contribution < 1.29 is 14.0 Å². The molecule has 2 N–H and O–H groups in total. The maximum atomic E-state index is 13.2. The Hall–Kier alpha value is -2.77. The monoisotopic (exact) mass is 426 g/mol. The molecule has 2 amide bonds. The van der Waals surface area contributed by atoms with Gasteiger partial charge in [0.05, 0.1) is 19.1 Å². The van der Waals surface area contributed by atoms with E-state index in [1.165, 1.54) is 17.7 Å². The number of nitrogens with one attached hydrogen (secondary N) is 2.